The molecule has 1 radical (unpaired) electrons. The Morgan fingerprint density at radius 3 is 1.12 bits per heavy atom. The first-order valence-electron chi connectivity index (χ1n) is 11.8. The van der Waals surface area contributed by atoms with Crippen molar-refractivity contribution in [3.05, 3.63) is 7.11 Å². The maximum Gasteiger partial charge on any atom is 0.135 e. The number of hydrogen-bond donors (Lipinski definition) is 0. The quantitative estimate of drug-likeness (QED) is 0.155. The molecule has 0 saturated heterocycles. The van der Waals surface area contributed by atoms with Crippen LogP contribution in [0.25, 0.3) is 0 Å². The lowest BCUT2D eigenvalue weighted by Crippen LogP contribution is -1.84. The Labute approximate surface area is 166 Å². The molecule has 0 saturated carbocycles. The molecule has 0 fully saturated rings. The fourth-order valence-corrected chi connectivity index (χ4v) is 3.57. The van der Waals surface area contributed by atoms with Crippen LogP contribution in [0.4, 0.5) is 0 Å². The van der Waals surface area contributed by atoms with Crippen molar-refractivity contribution >= 4 is 0 Å². The highest BCUT2D eigenvalue weighted by molar-refractivity contribution is 4.90. The normalized spacial score (nSPS) is 10.5. The second-order valence-corrected chi connectivity index (χ2v) is 7.89. The van der Waals surface area contributed by atoms with E-state index in [4.69, 9.17) is 0 Å². The number of ether oxygens (including phenoxy) is 1. The van der Waals surface area contributed by atoms with Crippen LogP contribution in [0.5, 0.6) is 0 Å². The molecule has 0 bridgehead atoms. The van der Waals surface area contributed by atoms with Gasteiger partial charge in [-0.1, -0.05) is 135 Å². The lowest BCUT2D eigenvalue weighted by Gasteiger charge is -2.04. The Hall–Kier alpha value is -0.640. The summed E-state index contributed by atoms with van der Waals surface area (Å²) in [7, 11) is 3.24. The van der Waals surface area contributed by atoms with Gasteiger partial charge in [-0.15, -0.1) is 0 Å². The molecule has 26 heavy (non-hydrogen) atoms. The van der Waals surface area contributed by atoms with Crippen molar-refractivity contribution in [1.29, 1.82) is 0 Å². The standard InChI is InChI=1S/C25H47O/c1-3-4-5-6-7-8-9-10-11-12-13-14-15-16-17-18-19-20-21-22-23-24-25-26-2/h2-23H2,1H3. The van der Waals surface area contributed by atoms with Crippen molar-refractivity contribution in [2.24, 2.45) is 0 Å². The summed E-state index contributed by atoms with van der Waals surface area (Å²) in [4.78, 5) is 0. The van der Waals surface area contributed by atoms with Gasteiger partial charge in [0.15, 0.2) is 0 Å². The lowest BCUT2D eigenvalue weighted by molar-refractivity contribution is 0.430. The number of rotatable bonds is 20. The summed E-state index contributed by atoms with van der Waals surface area (Å²) in [6.07, 6.45) is 32.0. The predicted octanol–water partition coefficient (Wildman–Crippen LogP) is 8.97. The van der Waals surface area contributed by atoms with Crippen LogP contribution in [0.3, 0.4) is 0 Å². The van der Waals surface area contributed by atoms with Gasteiger partial charge in [-0.25, -0.2) is 0 Å². The third-order valence-electron chi connectivity index (χ3n) is 5.30. The number of hydrogen-bond acceptors (Lipinski definition) is 1. The van der Waals surface area contributed by atoms with E-state index in [0.717, 1.165) is 6.42 Å². The van der Waals surface area contributed by atoms with Gasteiger partial charge in [0.2, 0.25) is 0 Å². The van der Waals surface area contributed by atoms with Gasteiger partial charge in [-0.05, 0) is 6.42 Å². The zero-order valence-electron chi connectivity index (χ0n) is 18.0. The van der Waals surface area contributed by atoms with Gasteiger partial charge in [-0.3, -0.25) is 0 Å². The summed E-state index contributed by atoms with van der Waals surface area (Å²) in [6, 6.07) is 0. The molecule has 0 atom stereocenters. The molecule has 0 rings (SSSR count). The molecule has 0 amide bonds. The van der Waals surface area contributed by atoms with E-state index < -0.39 is 0 Å². The number of unbranched alkanes of at least 4 members (excludes halogenated alkanes) is 20. The molecular weight excluding hydrogens is 316 g/mol. The molecule has 0 heterocycles. The lowest BCUT2D eigenvalue weighted by atomic mass is 10.0. The van der Waals surface area contributed by atoms with Crippen LogP contribution in [-0.4, -0.2) is 0 Å². The molecule has 1 nitrogen and oxygen atoms in total. The Balaban J connectivity index is 2.99. The van der Waals surface area contributed by atoms with E-state index in [1.807, 2.05) is 0 Å². The molecule has 0 aromatic carbocycles. The van der Waals surface area contributed by atoms with Gasteiger partial charge in [0.25, 0.3) is 0 Å². The van der Waals surface area contributed by atoms with Crippen molar-refractivity contribution in [3.8, 4) is 12.0 Å². The second-order valence-electron chi connectivity index (χ2n) is 7.89. The maximum absolute atomic E-state index is 4.47. The van der Waals surface area contributed by atoms with Gasteiger partial charge in [0, 0.05) is 6.42 Å². The first-order valence-corrected chi connectivity index (χ1v) is 11.8. The molecule has 0 unspecified atom stereocenters. The van der Waals surface area contributed by atoms with Crippen molar-refractivity contribution in [1.82, 2.24) is 0 Å². The Bertz CT molecular complexity index is 299. The van der Waals surface area contributed by atoms with Crippen LogP contribution >= 0.6 is 0 Å². The summed E-state index contributed by atoms with van der Waals surface area (Å²) in [5.41, 5.74) is 0. The molecule has 0 aliphatic carbocycles. The zero-order valence-corrected chi connectivity index (χ0v) is 18.0. The molecule has 0 aromatic rings. The third kappa shape index (κ3) is 23.4. The minimum Gasteiger partial charge on any atom is -0.443 e. The van der Waals surface area contributed by atoms with Crippen LogP contribution in [-0.2, 0) is 4.74 Å². The highest BCUT2D eigenvalue weighted by Crippen LogP contribution is 2.14. The van der Waals surface area contributed by atoms with E-state index >= 15 is 0 Å². The van der Waals surface area contributed by atoms with Crippen LogP contribution in [0, 0.1) is 19.1 Å². The average Bonchev–Trinajstić information content (AvgIpc) is 2.66. The SMILES string of the molecule is [CH2]OC#CCCCCCCCCCCCCCCCCCCCCCC. The van der Waals surface area contributed by atoms with Crippen molar-refractivity contribution in [2.45, 2.75) is 142 Å². The summed E-state index contributed by atoms with van der Waals surface area (Å²) in [5.74, 6) is 2.96. The molecule has 153 valence electrons. The van der Waals surface area contributed by atoms with Crippen LogP contribution in [0.15, 0.2) is 0 Å². The average molecular weight is 364 g/mol. The molecule has 1 heteroatoms. The fourth-order valence-electron chi connectivity index (χ4n) is 3.57. The minimum absolute atomic E-state index is 0.953. The van der Waals surface area contributed by atoms with Gasteiger partial charge in [0.1, 0.15) is 13.2 Å². The van der Waals surface area contributed by atoms with E-state index in [0.29, 0.717) is 0 Å². The molecule has 0 spiro atoms. The first kappa shape index (κ1) is 25.4. The fraction of sp³-hybridized carbons (Fsp3) is 0.880. The Morgan fingerprint density at radius 2 is 0.808 bits per heavy atom. The van der Waals surface area contributed by atoms with Gasteiger partial charge >= 0.3 is 0 Å². The summed E-state index contributed by atoms with van der Waals surface area (Å²) < 4.78 is 4.47. The van der Waals surface area contributed by atoms with E-state index in [2.05, 4.69) is 30.8 Å². The van der Waals surface area contributed by atoms with Crippen molar-refractivity contribution in [3.63, 3.8) is 0 Å². The summed E-state index contributed by atoms with van der Waals surface area (Å²) in [6.45, 7) is 2.29. The highest BCUT2D eigenvalue weighted by atomic mass is 16.5. The van der Waals surface area contributed by atoms with Gasteiger partial charge in [0.05, 0.1) is 0 Å². The zero-order chi connectivity index (χ0) is 19.0. The van der Waals surface area contributed by atoms with E-state index in [-0.39, 0.29) is 0 Å². The Morgan fingerprint density at radius 1 is 0.500 bits per heavy atom. The van der Waals surface area contributed by atoms with Crippen molar-refractivity contribution in [2.75, 3.05) is 0 Å². The van der Waals surface area contributed by atoms with E-state index in [9.17, 15) is 0 Å². The monoisotopic (exact) mass is 363 g/mol. The third-order valence-corrected chi connectivity index (χ3v) is 5.30. The summed E-state index contributed by atoms with van der Waals surface area (Å²) >= 11 is 0. The van der Waals surface area contributed by atoms with E-state index in [1.165, 1.54) is 128 Å². The molecule has 0 aromatic heterocycles. The van der Waals surface area contributed by atoms with E-state index in [1.54, 1.807) is 0 Å². The van der Waals surface area contributed by atoms with Gasteiger partial charge < -0.3 is 4.74 Å². The highest BCUT2D eigenvalue weighted by Gasteiger charge is 1.95. The molecular formula is C25H47O. The molecule has 0 aliphatic rings. The largest absolute Gasteiger partial charge is 0.443 e. The van der Waals surface area contributed by atoms with Crippen molar-refractivity contribution < 1.29 is 4.74 Å². The smallest absolute Gasteiger partial charge is 0.135 e. The second kappa shape index (κ2) is 24.4. The predicted molar refractivity (Wildman–Crippen MR) is 117 cm³/mol. The van der Waals surface area contributed by atoms with Crippen LogP contribution in [0.1, 0.15) is 142 Å². The first-order chi connectivity index (χ1) is 12.9. The maximum atomic E-state index is 4.47. The van der Waals surface area contributed by atoms with Gasteiger partial charge in [-0.2, -0.15) is 0 Å². The van der Waals surface area contributed by atoms with Crippen LogP contribution < -0.4 is 0 Å². The molecule has 0 aliphatic heterocycles. The minimum atomic E-state index is 0.953. The Kier molecular flexibility index (Phi) is 23.8. The molecule has 0 N–H and O–H groups in total. The topological polar surface area (TPSA) is 9.23 Å². The van der Waals surface area contributed by atoms with Crippen LogP contribution in [0.2, 0.25) is 0 Å². The summed E-state index contributed by atoms with van der Waals surface area (Å²) in [5, 5.41) is 0.